The number of carbonyl (C=O) groups is 1. The van der Waals surface area contributed by atoms with Gasteiger partial charge in [0.05, 0.1) is 30.4 Å². The molecule has 0 aliphatic carbocycles. The van der Waals surface area contributed by atoms with Crippen LogP contribution >= 0.6 is 23.2 Å². The molecule has 0 fully saturated rings. The highest BCUT2D eigenvalue weighted by atomic mass is 35.5. The molecule has 0 radical (unpaired) electrons. The quantitative estimate of drug-likeness (QED) is 0.279. The Hall–Kier alpha value is -1.79. The van der Waals surface area contributed by atoms with Crippen molar-refractivity contribution in [1.29, 1.82) is 0 Å². The maximum atomic E-state index is 11.2. The van der Waals surface area contributed by atoms with Crippen molar-refractivity contribution in [3.8, 4) is 5.75 Å². The van der Waals surface area contributed by atoms with Gasteiger partial charge in [-0.15, -0.1) is 0 Å². The van der Waals surface area contributed by atoms with Gasteiger partial charge in [-0.25, -0.2) is 0 Å². The normalized spacial score (nSPS) is 10.8. The van der Waals surface area contributed by atoms with E-state index in [1.807, 2.05) is 18.2 Å². The van der Waals surface area contributed by atoms with Crippen LogP contribution in [0.15, 0.2) is 42.5 Å². The van der Waals surface area contributed by atoms with Crippen molar-refractivity contribution in [3.63, 3.8) is 0 Å². The van der Waals surface area contributed by atoms with Gasteiger partial charge >= 0.3 is 5.97 Å². The zero-order valence-corrected chi connectivity index (χ0v) is 18.7. The first kappa shape index (κ1) is 24.5. The average molecular weight is 455 g/mol. The number of esters is 1. The third-order valence-corrected chi connectivity index (χ3v) is 4.88. The second-order valence-electron chi connectivity index (χ2n) is 6.67. The van der Waals surface area contributed by atoms with Crippen molar-refractivity contribution in [2.75, 3.05) is 33.5 Å². The monoisotopic (exact) mass is 454 g/mol. The van der Waals surface area contributed by atoms with Gasteiger partial charge < -0.3 is 18.9 Å². The van der Waals surface area contributed by atoms with Gasteiger partial charge in [0.1, 0.15) is 6.61 Å². The fraction of sp³-hybridized carbons (Fsp3) is 0.435. The van der Waals surface area contributed by atoms with E-state index in [0.29, 0.717) is 55.3 Å². The summed E-state index contributed by atoms with van der Waals surface area (Å²) in [5, 5.41) is 0.830. The van der Waals surface area contributed by atoms with E-state index in [1.54, 1.807) is 12.1 Å². The molecule has 30 heavy (non-hydrogen) atoms. The minimum absolute atomic E-state index is 0.272. The van der Waals surface area contributed by atoms with Crippen LogP contribution in [0.5, 0.6) is 5.75 Å². The molecule has 0 amide bonds. The summed E-state index contributed by atoms with van der Waals surface area (Å²) in [6.45, 7) is 2.79. The second kappa shape index (κ2) is 14.3. The van der Waals surface area contributed by atoms with Crippen molar-refractivity contribution < 1.29 is 23.7 Å². The molecule has 7 heteroatoms. The standard InChI is InChI=1S/C23H28Cl2O5/c1-27-22(26)10-9-19-15-20(24)23(21(25)16-19)30-14-13-28-11-5-6-12-29-17-18-7-3-2-4-8-18/h2-4,7-8,15-16H,5-6,9-14,17H2,1H3. The van der Waals surface area contributed by atoms with Crippen LogP contribution in [0.3, 0.4) is 0 Å². The van der Waals surface area contributed by atoms with Gasteiger partial charge in [-0.1, -0.05) is 53.5 Å². The highest BCUT2D eigenvalue weighted by molar-refractivity contribution is 6.37. The predicted molar refractivity (Wildman–Crippen MR) is 118 cm³/mol. The lowest BCUT2D eigenvalue weighted by Crippen LogP contribution is -2.09. The summed E-state index contributed by atoms with van der Waals surface area (Å²) in [4.78, 5) is 11.2. The second-order valence-corrected chi connectivity index (χ2v) is 7.49. The Balaban J connectivity index is 1.55. The molecule has 0 saturated carbocycles. The van der Waals surface area contributed by atoms with E-state index in [9.17, 15) is 4.79 Å². The SMILES string of the molecule is COC(=O)CCc1cc(Cl)c(OCCOCCCCOCc2ccccc2)c(Cl)c1. The molecular formula is C23H28Cl2O5. The third-order valence-electron chi connectivity index (χ3n) is 4.32. The number of unbranched alkanes of at least 4 members (excludes halogenated alkanes) is 1. The smallest absolute Gasteiger partial charge is 0.305 e. The summed E-state index contributed by atoms with van der Waals surface area (Å²) in [5.74, 6) is 0.153. The number of carbonyl (C=O) groups excluding carboxylic acids is 1. The summed E-state index contributed by atoms with van der Waals surface area (Å²) in [6, 6.07) is 13.6. The summed E-state index contributed by atoms with van der Waals surface area (Å²) in [7, 11) is 1.36. The third kappa shape index (κ3) is 9.35. The van der Waals surface area contributed by atoms with Crippen LogP contribution in [0.4, 0.5) is 0 Å². The highest BCUT2D eigenvalue weighted by Gasteiger charge is 2.11. The van der Waals surface area contributed by atoms with E-state index >= 15 is 0 Å². The number of ether oxygens (including phenoxy) is 4. The topological polar surface area (TPSA) is 54.0 Å². The van der Waals surface area contributed by atoms with E-state index in [4.69, 9.17) is 37.4 Å². The fourth-order valence-corrected chi connectivity index (χ4v) is 3.36. The number of aryl methyl sites for hydroxylation is 1. The van der Waals surface area contributed by atoms with E-state index in [-0.39, 0.29) is 12.4 Å². The highest BCUT2D eigenvalue weighted by Crippen LogP contribution is 2.34. The lowest BCUT2D eigenvalue weighted by atomic mass is 10.1. The maximum Gasteiger partial charge on any atom is 0.305 e. The zero-order chi connectivity index (χ0) is 21.6. The fourth-order valence-electron chi connectivity index (χ4n) is 2.72. The van der Waals surface area contributed by atoms with Gasteiger partial charge in [0.15, 0.2) is 5.75 Å². The molecule has 0 heterocycles. The molecule has 0 atom stereocenters. The summed E-state index contributed by atoms with van der Waals surface area (Å²) in [5.41, 5.74) is 2.04. The summed E-state index contributed by atoms with van der Waals surface area (Å²) >= 11 is 12.5. The van der Waals surface area contributed by atoms with Gasteiger partial charge in [-0.05, 0) is 42.5 Å². The minimum atomic E-state index is -0.275. The Morgan fingerprint density at radius 2 is 1.53 bits per heavy atom. The molecule has 2 aromatic rings. The largest absolute Gasteiger partial charge is 0.488 e. The predicted octanol–water partition coefficient (Wildman–Crippen LogP) is 5.49. The zero-order valence-electron chi connectivity index (χ0n) is 17.2. The molecule has 164 valence electrons. The Labute approximate surface area is 188 Å². The molecule has 2 aromatic carbocycles. The molecule has 0 aliphatic rings. The maximum absolute atomic E-state index is 11.2. The van der Waals surface area contributed by atoms with E-state index in [0.717, 1.165) is 18.4 Å². The van der Waals surface area contributed by atoms with Gasteiger partial charge in [-0.2, -0.15) is 0 Å². The molecule has 0 saturated heterocycles. The van der Waals surface area contributed by atoms with Crippen LogP contribution in [0, 0.1) is 0 Å². The number of hydrogen-bond donors (Lipinski definition) is 0. The first-order valence-corrected chi connectivity index (χ1v) is 10.7. The minimum Gasteiger partial charge on any atom is -0.488 e. The Morgan fingerprint density at radius 3 is 2.20 bits per heavy atom. The molecule has 2 rings (SSSR count). The van der Waals surface area contributed by atoms with Crippen molar-refractivity contribution >= 4 is 29.2 Å². The molecule has 0 spiro atoms. The first-order chi connectivity index (χ1) is 14.6. The first-order valence-electron chi connectivity index (χ1n) is 9.97. The average Bonchev–Trinajstić information content (AvgIpc) is 2.75. The van der Waals surface area contributed by atoms with Crippen molar-refractivity contribution in [2.45, 2.75) is 32.3 Å². The van der Waals surface area contributed by atoms with Crippen molar-refractivity contribution in [3.05, 3.63) is 63.6 Å². The van der Waals surface area contributed by atoms with Gasteiger partial charge in [0.2, 0.25) is 0 Å². The van der Waals surface area contributed by atoms with Crippen LogP contribution < -0.4 is 4.74 Å². The van der Waals surface area contributed by atoms with Crippen LogP contribution in [0.25, 0.3) is 0 Å². The van der Waals surface area contributed by atoms with Crippen LogP contribution in [-0.4, -0.2) is 39.5 Å². The van der Waals surface area contributed by atoms with Crippen molar-refractivity contribution in [1.82, 2.24) is 0 Å². The number of benzene rings is 2. The summed E-state index contributed by atoms with van der Waals surface area (Å²) in [6.07, 6.45) is 2.64. The lowest BCUT2D eigenvalue weighted by molar-refractivity contribution is -0.140. The van der Waals surface area contributed by atoms with E-state index in [1.165, 1.54) is 12.7 Å². The Kier molecular flexibility index (Phi) is 11.6. The van der Waals surface area contributed by atoms with Gasteiger partial charge in [0, 0.05) is 19.6 Å². The number of hydrogen-bond acceptors (Lipinski definition) is 5. The Bertz CT molecular complexity index is 744. The van der Waals surface area contributed by atoms with E-state index < -0.39 is 0 Å². The number of halogens is 2. The molecular weight excluding hydrogens is 427 g/mol. The van der Waals surface area contributed by atoms with Gasteiger partial charge in [0.25, 0.3) is 0 Å². The van der Waals surface area contributed by atoms with Crippen LogP contribution in [-0.2, 0) is 32.0 Å². The van der Waals surface area contributed by atoms with Crippen molar-refractivity contribution in [2.24, 2.45) is 0 Å². The molecule has 0 aromatic heterocycles. The molecule has 0 N–H and O–H groups in total. The van der Waals surface area contributed by atoms with Gasteiger partial charge in [-0.3, -0.25) is 4.79 Å². The van der Waals surface area contributed by atoms with E-state index in [2.05, 4.69) is 16.9 Å². The number of methoxy groups -OCH3 is 1. The molecule has 5 nitrogen and oxygen atoms in total. The number of rotatable bonds is 14. The van der Waals surface area contributed by atoms with Crippen LogP contribution in [0.1, 0.15) is 30.4 Å². The molecule has 0 unspecified atom stereocenters. The lowest BCUT2D eigenvalue weighted by Gasteiger charge is -2.12. The summed E-state index contributed by atoms with van der Waals surface area (Å²) < 4.78 is 21.5. The molecule has 0 aliphatic heterocycles. The van der Waals surface area contributed by atoms with Crippen LogP contribution in [0.2, 0.25) is 10.0 Å². The molecule has 0 bridgehead atoms. The Morgan fingerprint density at radius 1 is 0.867 bits per heavy atom.